The maximum absolute atomic E-state index is 12.5. The summed E-state index contributed by atoms with van der Waals surface area (Å²) < 4.78 is 37.6. The van der Waals surface area contributed by atoms with Crippen LogP contribution in [0, 0.1) is 0 Å². The van der Waals surface area contributed by atoms with Gasteiger partial charge in [0, 0.05) is 55.6 Å². The number of aromatic nitrogens is 3. The molecule has 24 heavy (non-hydrogen) atoms. The second-order valence-corrected chi connectivity index (χ2v) is 6.36. The van der Waals surface area contributed by atoms with E-state index in [-0.39, 0.29) is 0 Å². The molecule has 0 bridgehead atoms. The molecule has 0 fully saturated rings. The van der Waals surface area contributed by atoms with Gasteiger partial charge in [-0.25, -0.2) is 9.97 Å². The van der Waals surface area contributed by atoms with Crippen LogP contribution < -0.4 is 0 Å². The van der Waals surface area contributed by atoms with Gasteiger partial charge >= 0.3 is 6.18 Å². The van der Waals surface area contributed by atoms with Gasteiger partial charge in [-0.1, -0.05) is 19.9 Å². The number of alkyl halides is 3. The predicted molar refractivity (Wildman–Crippen MR) is 83.2 cm³/mol. The maximum Gasteiger partial charge on any atom is 0.433 e. The molecule has 7 heteroatoms. The van der Waals surface area contributed by atoms with Crippen molar-refractivity contribution < 1.29 is 13.2 Å². The van der Waals surface area contributed by atoms with Crippen molar-refractivity contribution in [2.75, 3.05) is 6.54 Å². The van der Waals surface area contributed by atoms with Gasteiger partial charge in [0.1, 0.15) is 11.5 Å². The molecule has 0 amide bonds. The molecular formula is C17H19F3N4. The summed E-state index contributed by atoms with van der Waals surface area (Å²) in [6, 6.07) is 2.52. The number of hydrogen-bond acceptors (Lipinski definition) is 4. The van der Waals surface area contributed by atoms with Crippen LogP contribution in [0.1, 0.15) is 48.1 Å². The molecule has 2 aromatic rings. The van der Waals surface area contributed by atoms with Crippen LogP contribution in [0.5, 0.6) is 0 Å². The summed E-state index contributed by atoms with van der Waals surface area (Å²) in [4.78, 5) is 14.7. The molecule has 0 unspecified atom stereocenters. The van der Waals surface area contributed by atoms with Crippen molar-refractivity contribution in [3.8, 4) is 0 Å². The molecule has 1 aliphatic rings. The molecule has 0 saturated carbocycles. The van der Waals surface area contributed by atoms with Gasteiger partial charge in [0.25, 0.3) is 0 Å². The van der Waals surface area contributed by atoms with E-state index in [0.29, 0.717) is 19.0 Å². The molecule has 3 heterocycles. The van der Waals surface area contributed by atoms with Crippen molar-refractivity contribution >= 4 is 0 Å². The Balaban J connectivity index is 1.68. The van der Waals surface area contributed by atoms with Crippen molar-refractivity contribution in [3.05, 3.63) is 52.9 Å². The Morgan fingerprint density at radius 2 is 1.96 bits per heavy atom. The summed E-state index contributed by atoms with van der Waals surface area (Å²) in [5.41, 5.74) is 2.08. The molecule has 0 atom stereocenters. The van der Waals surface area contributed by atoms with Gasteiger partial charge in [0.2, 0.25) is 0 Å². The standard InChI is InChI=1S/C17H19F3N4/c1-11(2)16-22-8-13-10-24(6-5-14(13)23-16)9-12-3-4-15(21-7-12)17(18,19)20/h3-4,7-8,11H,5-6,9-10H2,1-2H3. The fourth-order valence-corrected chi connectivity index (χ4v) is 2.75. The van der Waals surface area contributed by atoms with E-state index < -0.39 is 11.9 Å². The second kappa shape index (κ2) is 6.47. The SMILES string of the molecule is CC(C)c1ncc2c(n1)CCN(Cc1ccc(C(F)(F)F)nc1)C2. The minimum atomic E-state index is -4.39. The van der Waals surface area contributed by atoms with E-state index in [4.69, 9.17) is 0 Å². The summed E-state index contributed by atoms with van der Waals surface area (Å²) in [7, 11) is 0. The Hall–Kier alpha value is -2.02. The first kappa shape index (κ1) is 16.8. The van der Waals surface area contributed by atoms with Gasteiger partial charge in [-0.05, 0) is 11.6 Å². The number of hydrogen-bond donors (Lipinski definition) is 0. The number of pyridine rings is 1. The van der Waals surface area contributed by atoms with Gasteiger partial charge in [-0.2, -0.15) is 13.2 Å². The first-order chi connectivity index (χ1) is 11.3. The van der Waals surface area contributed by atoms with Gasteiger partial charge in [-0.3, -0.25) is 9.88 Å². The van der Waals surface area contributed by atoms with E-state index in [0.717, 1.165) is 41.7 Å². The van der Waals surface area contributed by atoms with Gasteiger partial charge < -0.3 is 0 Å². The largest absolute Gasteiger partial charge is 0.433 e. The average molecular weight is 336 g/mol. The van der Waals surface area contributed by atoms with Crippen LogP contribution in [-0.4, -0.2) is 26.4 Å². The molecule has 0 N–H and O–H groups in total. The maximum atomic E-state index is 12.5. The van der Waals surface area contributed by atoms with Gasteiger partial charge in [0.15, 0.2) is 0 Å². The van der Waals surface area contributed by atoms with E-state index in [1.807, 2.05) is 6.20 Å². The summed E-state index contributed by atoms with van der Waals surface area (Å²) >= 11 is 0. The minimum absolute atomic E-state index is 0.298. The Morgan fingerprint density at radius 3 is 2.58 bits per heavy atom. The molecule has 3 rings (SSSR count). The van der Waals surface area contributed by atoms with Crippen molar-refractivity contribution in [2.24, 2.45) is 0 Å². The summed E-state index contributed by atoms with van der Waals surface area (Å²) in [6.45, 7) is 6.22. The Labute approximate surface area is 138 Å². The average Bonchev–Trinajstić information content (AvgIpc) is 2.54. The Morgan fingerprint density at radius 1 is 1.17 bits per heavy atom. The van der Waals surface area contributed by atoms with E-state index in [1.165, 1.54) is 12.3 Å². The highest BCUT2D eigenvalue weighted by atomic mass is 19.4. The molecule has 1 aliphatic heterocycles. The zero-order valence-corrected chi connectivity index (χ0v) is 13.6. The smallest absolute Gasteiger partial charge is 0.294 e. The quantitative estimate of drug-likeness (QED) is 0.859. The highest BCUT2D eigenvalue weighted by Gasteiger charge is 2.32. The summed E-state index contributed by atoms with van der Waals surface area (Å²) in [6.07, 6.45) is -0.398. The number of rotatable bonds is 3. The van der Waals surface area contributed by atoms with Crippen molar-refractivity contribution in [3.63, 3.8) is 0 Å². The third kappa shape index (κ3) is 3.72. The van der Waals surface area contributed by atoms with Crippen molar-refractivity contribution in [2.45, 2.75) is 45.5 Å². The van der Waals surface area contributed by atoms with Crippen molar-refractivity contribution in [1.29, 1.82) is 0 Å². The molecule has 0 saturated heterocycles. The van der Waals surface area contributed by atoms with Crippen molar-refractivity contribution in [1.82, 2.24) is 19.9 Å². The Kier molecular flexibility index (Phi) is 4.54. The monoisotopic (exact) mass is 336 g/mol. The number of nitrogens with zero attached hydrogens (tertiary/aromatic N) is 4. The first-order valence-electron chi connectivity index (χ1n) is 7.92. The van der Waals surface area contributed by atoms with Crippen LogP contribution in [0.4, 0.5) is 13.2 Å². The zero-order valence-electron chi connectivity index (χ0n) is 13.6. The fourth-order valence-electron chi connectivity index (χ4n) is 2.75. The molecule has 0 radical (unpaired) electrons. The normalized spacial score (nSPS) is 15.6. The Bertz CT molecular complexity index is 711. The number of halogens is 3. The van der Waals surface area contributed by atoms with E-state index in [1.54, 1.807) is 0 Å². The number of fused-ring (bicyclic) bond motifs is 1. The lowest BCUT2D eigenvalue weighted by Gasteiger charge is -2.28. The molecule has 0 aliphatic carbocycles. The molecular weight excluding hydrogens is 317 g/mol. The molecule has 0 aromatic carbocycles. The van der Waals surface area contributed by atoms with Crippen LogP contribution >= 0.6 is 0 Å². The van der Waals surface area contributed by atoms with E-state index in [9.17, 15) is 13.2 Å². The highest BCUT2D eigenvalue weighted by molar-refractivity contribution is 5.22. The van der Waals surface area contributed by atoms with Gasteiger partial charge in [0.05, 0.1) is 0 Å². The predicted octanol–water partition coefficient (Wildman–Crippen LogP) is 3.57. The van der Waals surface area contributed by atoms with Crippen LogP contribution in [0.2, 0.25) is 0 Å². The van der Waals surface area contributed by atoms with E-state index >= 15 is 0 Å². The van der Waals surface area contributed by atoms with Gasteiger partial charge in [-0.15, -0.1) is 0 Å². The van der Waals surface area contributed by atoms with Crippen LogP contribution in [0.25, 0.3) is 0 Å². The third-order valence-corrected chi connectivity index (χ3v) is 4.07. The topological polar surface area (TPSA) is 41.9 Å². The van der Waals surface area contributed by atoms with Crippen LogP contribution in [-0.2, 0) is 25.7 Å². The lowest BCUT2D eigenvalue weighted by molar-refractivity contribution is -0.141. The van der Waals surface area contributed by atoms with E-state index in [2.05, 4.69) is 33.7 Å². The van der Waals surface area contributed by atoms with Crippen LogP contribution in [0.15, 0.2) is 24.5 Å². The third-order valence-electron chi connectivity index (χ3n) is 4.07. The molecule has 4 nitrogen and oxygen atoms in total. The second-order valence-electron chi connectivity index (χ2n) is 6.36. The molecule has 128 valence electrons. The lowest BCUT2D eigenvalue weighted by atomic mass is 10.1. The minimum Gasteiger partial charge on any atom is -0.294 e. The summed E-state index contributed by atoms with van der Waals surface area (Å²) in [5, 5.41) is 0. The van der Waals surface area contributed by atoms with Crippen LogP contribution in [0.3, 0.4) is 0 Å². The highest BCUT2D eigenvalue weighted by Crippen LogP contribution is 2.27. The zero-order chi connectivity index (χ0) is 17.3. The lowest BCUT2D eigenvalue weighted by Crippen LogP contribution is -2.31. The fraction of sp³-hybridized carbons (Fsp3) is 0.471. The molecule has 0 spiro atoms. The summed E-state index contributed by atoms with van der Waals surface area (Å²) in [5.74, 6) is 1.15. The molecule has 2 aromatic heterocycles. The first-order valence-corrected chi connectivity index (χ1v) is 7.92.